The summed E-state index contributed by atoms with van der Waals surface area (Å²) in [7, 11) is 0. The van der Waals surface area contributed by atoms with Crippen molar-refractivity contribution in [3.05, 3.63) is 124 Å². The lowest BCUT2D eigenvalue weighted by atomic mass is 9.81. The van der Waals surface area contributed by atoms with Crippen LogP contribution in [0.4, 0.5) is 4.39 Å². The fraction of sp³-hybridized carbons (Fsp3) is 0.0323. The first kappa shape index (κ1) is 24.4. The van der Waals surface area contributed by atoms with Crippen molar-refractivity contribution in [2.45, 2.75) is 6.92 Å². The third-order valence-corrected chi connectivity index (χ3v) is 7.06. The Balaban J connectivity index is 1.96. The third kappa shape index (κ3) is 4.49. The number of hydrogen-bond donors (Lipinski definition) is 1. The Hall–Kier alpha value is -3.30. The predicted molar refractivity (Wildman–Crippen MR) is 150 cm³/mol. The van der Waals surface area contributed by atoms with Gasteiger partial charge in [-0.05, 0) is 87.8 Å². The molecule has 0 atom stereocenters. The second kappa shape index (κ2) is 9.99. The highest BCUT2D eigenvalue weighted by molar-refractivity contribution is 6.37. The molecule has 1 nitrogen and oxygen atoms in total. The number of phenols is 1. The average molecular weight is 534 g/mol. The molecule has 0 aliphatic rings. The molecule has 0 radical (unpaired) electrons. The van der Waals surface area contributed by atoms with Crippen molar-refractivity contribution in [3.8, 4) is 50.3 Å². The average Bonchev–Trinajstić information content (AvgIpc) is 2.87. The van der Waals surface area contributed by atoms with Crippen molar-refractivity contribution in [1.82, 2.24) is 0 Å². The van der Waals surface area contributed by atoms with Crippen LogP contribution in [0, 0.1) is 12.7 Å². The number of halogens is 4. The van der Waals surface area contributed by atoms with E-state index in [1.165, 1.54) is 6.07 Å². The first-order valence-electron chi connectivity index (χ1n) is 11.3. The van der Waals surface area contributed by atoms with E-state index in [1.807, 2.05) is 73.7 Å². The molecule has 0 aliphatic heterocycles. The second-order valence-electron chi connectivity index (χ2n) is 8.49. The standard InChI is InChI=1S/C31H20Cl3FO/c1-18-29(20-10-7-11-22(32)14-20)25(21-15-26(33)31(36)27(34)16-21)17-24(19-8-3-2-4-9-19)30(18)23-12-5-6-13-28(23)35/h2-17,36H,1H3. The minimum atomic E-state index is -0.307. The smallest absolute Gasteiger partial charge is 0.152 e. The fourth-order valence-electron chi connectivity index (χ4n) is 4.64. The molecule has 5 rings (SSSR count). The summed E-state index contributed by atoms with van der Waals surface area (Å²) in [5.41, 5.74) is 7.25. The van der Waals surface area contributed by atoms with Gasteiger partial charge in [-0.2, -0.15) is 0 Å². The van der Waals surface area contributed by atoms with Gasteiger partial charge in [0.15, 0.2) is 5.75 Å². The molecule has 0 spiro atoms. The van der Waals surface area contributed by atoms with Crippen molar-refractivity contribution < 1.29 is 9.50 Å². The Morgan fingerprint density at radius 2 is 1.19 bits per heavy atom. The first-order valence-corrected chi connectivity index (χ1v) is 12.4. The van der Waals surface area contributed by atoms with Crippen LogP contribution in [0.3, 0.4) is 0 Å². The van der Waals surface area contributed by atoms with E-state index < -0.39 is 0 Å². The number of phenolic OH excluding ortho intramolecular Hbond substituents is 1. The highest BCUT2D eigenvalue weighted by Crippen LogP contribution is 2.47. The van der Waals surface area contributed by atoms with Crippen LogP contribution in [0.2, 0.25) is 15.1 Å². The monoisotopic (exact) mass is 532 g/mol. The third-order valence-electron chi connectivity index (χ3n) is 6.25. The molecule has 0 heterocycles. The van der Waals surface area contributed by atoms with Crippen LogP contribution in [0.15, 0.2) is 97.1 Å². The Morgan fingerprint density at radius 1 is 0.583 bits per heavy atom. The van der Waals surface area contributed by atoms with Gasteiger partial charge in [0.2, 0.25) is 0 Å². The van der Waals surface area contributed by atoms with Crippen LogP contribution in [0.25, 0.3) is 44.5 Å². The van der Waals surface area contributed by atoms with Gasteiger partial charge < -0.3 is 5.11 Å². The summed E-state index contributed by atoms with van der Waals surface area (Å²) in [6.45, 7) is 1.98. The van der Waals surface area contributed by atoms with Crippen molar-refractivity contribution in [1.29, 1.82) is 0 Å². The zero-order valence-corrected chi connectivity index (χ0v) is 21.5. The van der Waals surface area contributed by atoms with E-state index in [2.05, 4.69) is 0 Å². The van der Waals surface area contributed by atoms with Gasteiger partial charge in [0.25, 0.3) is 0 Å². The minimum Gasteiger partial charge on any atom is -0.505 e. The van der Waals surface area contributed by atoms with Crippen LogP contribution in [0.5, 0.6) is 5.75 Å². The van der Waals surface area contributed by atoms with Gasteiger partial charge in [0.1, 0.15) is 5.82 Å². The predicted octanol–water partition coefficient (Wildman–Crippen LogP) is 10.5. The lowest BCUT2D eigenvalue weighted by Crippen LogP contribution is -1.98. The van der Waals surface area contributed by atoms with Gasteiger partial charge in [0.05, 0.1) is 10.0 Å². The number of hydrogen-bond acceptors (Lipinski definition) is 1. The Bertz CT molecular complexity index is 1570. The van der Waals surface area contributed by atoms with Crippen molar-refractivity contribution in [3.63, 3.8) is 0 Å². The van der Waals surface area contributed by atoms with E-state index in [1.54, 1.807) is 24.3 Å². The number of benzene rings is 5. The summed E-state index contributed by atoms with van der Waals surface area (Å²) in [5, 5.41) is 11.1. The van der Waals surface area contributed by atoms with Gasteiger partial charge in [-0.1, -0.05) is 95.5 Å². The second-order valence-corrected chi connectivity index (χ2v) is 9.74. The molecule has 5 heteroatoms. The summed E-state index contributed by atoms with van der Waals surface area (Å²) in [5.74, 6) is -0.479. The van der Waals surface area contributed by atoms with Crippen LogP contribution < -0.4 is 0 Å². The molecule has 0 fully saturated rings. The normalized spacial score (nSPS) is 11.0. The van der Waals surface area contributed by atoms with Crippen LogP contribution in [-0.4, -0.2) is 5.11 Å². The van der Waals surface area contributed by atoms with Gasteiger partial charge in [0, 0.05) is 10.6 Å². The van der Waals surface area contributed by atoms with E-state index >= 15 is 4.39 Å². The lowest BCUT2D eigenvalue weighted by molar-refractivity contribution is 0.476. The minimum absolute atomic E-state index is 0.145. The fourth-order valence-corrected chi connectivity index (χ4v) is 5.32. The Kier molecular flexibility index (Phi) is 6.77. The Morgan fingerprint density at radius 3 is 1.86 bits per heavy atom. The Labute approximate surface area is 224 Å². The molecule has 0 aromatic heterocycles. The molecule has 0 unspecified atom stereocenters. The van der Waals surface area contributed by atoms with Crippen molar-refractivity contribution in [2.24, 2.45) is 0 Å². The molecule has 0 aliphatic carbocycles. The van der Waals surface area contributed by atoms with E-state index in [0.29, 0.717) is 10.6 Å². The maximum absolute atomic E-state index is 15.2. The largest absolute Gasteiger partial charge is 0.505 e. The highest BCUT2D eigenvalue weighted by Gasteiger charge is 2.22. The quantitative estimate of drug-likeness (QED) is 0.243. The van der Waals surface area contributed by atoms with E-state index in [0.717, 1.165) is 44.5 Å². The van der Waals surface area contributed by atoms with Gasteiger partial charge in [-0.25, -0.2) is 4.39 Å². The maximum Gasteiger partial charge on any atom is 0.152 e. The van der Waals surface area contributed by atoms with E-state index in [9.17, 15) is 5.11 Å². The first-order chi connectivity index (χ1) is 17.3. The maximum atomic E-state index is 15.2. The molecule has 5 aromatic carbocycles. The molecular formula is C31H20Cl3FO. The zero-order chi connectivity index (χ0) is 25.4. The molecule has 36 heavy (non-hydrogen) atoms. The molecule has 0 amide bonds. The van der Waals surface area contributed by atoms with Gasteiger partial charge in [-0.15, -0.1) is 0 Å². The molecule has 1 N–H and O–H groups in total. The summed E-state index contributed by atoms with van der Waals surface area (Å²) in [6.07, 6.45) is 0. The molecule has 0 saturated carbocycles. The molecule has 0 saturated heterocycles. The van der Waals surface area contributed by atoms with E-state index in [-0.39, 0.29) is 21.6 Å². The van der Waals surface area contributed by atoms with Crippen molar-refractivity contribution in [2.75, 3.05) is 0 Å². The topological polar surface area (TPSA) is 20.2 Å². The van der Waals surface area contributed by atoms with E-state index in [4.69, 9.17) is 34.8 Å². The SMILES string of the molecule is Cc1c(-c2cccc(Cl)c2)c(-c2cc(Cl)c(O)c(Cl)c2)cc(-c2ccccc2)c1-c1ccccc1F. The van der Waals surface area contributed by atoms with Crippen LogP contribution >= 0.6 is 34.8 Å². The van der Waals surface area contributed by atoms with Gasteiger partial charge in [-0.3, -0.25) is 0 Å². The van der Waals surface area contributed by atoms with Crippen LogP contribution in [-0.2, 0) is 0 Å². The van der Waals surface area contributed by atoms with Gasteiger partial charge >= 0.3 is 0 Å². The molecule has 178 valence electrons. The van der Waals surface area contributed by atoms with Crippen LogP contribution in [0.1, 0.15) is 5.56 Å². The summed E-state index contributed by atoms with van der Waals surface area (Å²) < 4.78 is 15.2. The number of aromatic hydroxyl groups is 1. The number of rotatable bonds is 4. The summed E-state index contributed by atoms with van der Waals surface area (Å²) in [6, 6.07) is 29.6. The molecule has 0 bridgehead atoms. The summed E-state index contributed by atoms with van der Waals surface area (Å²) in [4.78, 5) is 0. The lowest BCUT2D eigenvalue weighted by Gasteiger charge is -2.23. The summed E-state index contributed by atoms with van der Waals surface area (Å²) >= 11 is 19.1. The van der Waals surface area contributed by atoms with Crippen molar-refractivity contribution >= 4 is 34.8 Å². The zero-order valence-electron chi connectivity index (χ0n) is 19.2. The molecular weight excluding hydrogens is 514 g/mol. The molecule has 5 aromatic rings. The highest BCUT2D eigenvalue weighted by atomic mass is 35.5.